The van der Waals surface area contributed by atoms with Crippen LogP contribution in [-0.2, 0) is 6.54 Å². The minimum absolute atomic E-state index is 0.163. The Balaban J connectivity index is 1.42. The lowest BCUT2D eigenvalue weighted by atomic mass is 9.79. The van der Waals surface area contributed by atoms with Crippen LogP contribution in [0.5, 0.6) is 0 Å². The fourth-order valence-corrected chi connectivity index (χ4v) is 4.21. The van der Waals surface area contributed by atoms with Crippen LogP contribution in [0.2, 0.25) is 0 Å². The second kappa shape index (κ2) is 6.48. The number of hydrogen-bond acceptors (Lipinski definition) is 4. The molecule has 24 heavy (non-hydrogen) atoms. The summed E-state index contributed by atoms with van der Waals surface area (Å²) in [4.78, 5) is 13.5. The number of hydrogen-bond donors (Lipinski definition) is 0. The van der Waals surface area contributed by atoms with Crippen LogP contribution in [0.1, 0.15) is 24.8 Å². The third-order valence-electron chi connectivity index (χ3n) is 5.37. The van der Waals surface area contributed by atoms with Gasteiger partial charge < -0.3 is 4.90 Å². The number of halogens is 1. The molecule has 0 aliphatic carbocycles. The van der Waals surface area contributed by atoms with Crippen LogP contribution in [0, 0.1) is 11.2 Å². The van der Waals surface area contributed by atoms with Crippen LogP contribution >= 0.6 is 0 Å². The molecule has 1 atom stereocenters. The highest BCUT2D eigenvalue weighted by Crippen LogP contribution is 2.40. The number of aromatic nitrogens is 2. The zero-order chi connectivity index (χ0) is 16.4. The zero-order valence-corrected chi connectivity index (χ0v) is 13.9. The Kier molecular flexibility index (Phi) is 4.19. The Morgan fingerprint density at radius 1 is 1.04 bits per heavy atom. The SMILES string of the molecule is Fc1ccc(CN2CCC[C@]3(CCN(c4cnccn4)C3)C2)cc1. The van der Waals surface area contributed by atoms with E-state index in [4.69, 9.17) is 0 Å². The van der Waals surface area contributed by atoms with E-state index >= 15 is 0 Å². The van der Waals surface area contributed by atoms with E-state index in [2.05, 4.69) is 19.8 Å². The molecule has 2 fully saturated rings. The minimum Gasteiger partial charge on any atom is -0.355 e. The maximum atomic E-state index is 13.1. The summed E-state index contributed by atoms with van der Waals surface area (Å²) >= 11 is 0. The minimum atomic E-state index is -0.163. The fraction of sp³-hybridized carbons (Fsp3) is 0.474. The molecule has 0 unspecified atom stereocenters. The Morgan fingerprint density at radius 3 is 2.71 bits per heavy atom. The smallest absolute Gasteiger partial charge is 0.147 e. The predicted octanol–water partition coefficient (Wildman–Crippen LogP) is 3.11. The number of rotatable bonds is 3. The molecule has 4 rings (SSSR count). The lowest BCUT2D eigenvalue weighted by Gasteiger charge is -2.40. The highest BCUT2D eigenvalue weighted by molar-refractivity contribution is 5.37. The lowest BCUT2D eigenvalue weighted by molar-refractivity contribution is 0.0991. The molecule has 1 aromatic heterocycles. The monoisotopic (exact) mass is 326 g/mol. The molecule has 0 radical (unpaired) electrons. The lowest BCUT2D eigenvalue weighted by Crippen LogP contribution is -2.44. The van der Waals surface area contributed by atoms with Crippen molar-refractivity contribution in [3.05, 3.63) is 54.2 Å². The second-order valence-corrected chi connectivity index (χ2v) is 7.18. The van der Waals surface area contributed by atoms with E-state index in [9.17, 15) is 4.39 Å². The Hall–Kier alpha value is -2.01. The molecule has 0 bridgehead atoms. The van der Waals surface area contributed by atoms with Gasteiger partial charge in [-0.3, -0.25) is 9.88 Å². The summed E-state index contributed by atoms with van der Waals surface area (Å²) in [5.74, 6) is 0.828. The first-order valence-electron chi connectivity index (χ1n) is 8.70. The van der Waals surface area contributed by atoms with E-state index in [1.165, 1.54) is 24.8 Å². The summed E-state index contributed by atoms with van der Waals surface area (Å²) in [5.41, 5.74) is 1.55. The normalized spacial score (nSPS) is 24.6. The van der Waals surface area contributed by atoms with Crippen molar-refractivity contribution in [3.63, 3.8) is 0 Å². The molecule has 3 heterocycles. The van der Waals surface area contributed by atoms with Gasteiger partial charge in [0.05, 0.1) is 6.20 Å². The van der Waals surface area contributed by atoms with Gasteiger partial charge in [0, 0.05) is 44.0 Å². The standard InChI is InChI=1S/C19H23FN4/c20-17-4-2-16(3-5-17)13-23-10-1-6-19(14-23)7-11-24(15-19)18-12-21-8-9-22-18/h2-5,8-9,12H,1,6-7,10-11,13-15H2/t19-/m0/s1. The molecule has 2 aliphatic rings. The molecule has 4 nitrogen and oxygen atoms in total. The summed E-state index contributed by atoms with van der Waals surface area (Å²) in [7, 11) is 0. The van der Waals surface area contributed by atoms with Crippen LogP contribution in [0.25, 0.3) is 0 Å². The van der Waals surface area contributed by atoms with E-state index in [0.717, 1.165) is 38.5 Å². The third kappa shape index (κ3) is 3.26. The topological polar surface area (TPSA) is 32.3 Å². The Morgan fingerprint density at radius 2 is 1.92 bits per heavy atom. The van der Waals surface area contributed by atoms with Gasteiger partial charge in [0.15, 0.2) is 0 Å². The average molecular weight is 326 g/mol. The van der Waals surface area contributed by atoms with Crippen LogP contribution in [-0.4, -0.2) is 41.0 Å². The number of nitrogens with zero attached hydrogens (tertiary/aromatic N) is 4. The molecule has 126 valence electrons. The van der Waals surface area contributed by atoms with Crippen molar-refractivity contribution < 1.29 is 4.39 Å². The van der Waals surface area contributed by atoms with Gasteiger partial charge in [0.2, 0.25) is 0 Å². The van der Waals surface area contributed by atoms with Crippen LogP contribution in [0.3, 0.4) is 0 Å². The molecule has 1 spiro atoms. The Bertz CT molecular complexity index is 676. The van der Waals surface area contributed by atoms with Crippen LogP contribution in [0.15, 0.2) is 42.9 Å². The highest BCUT2D eigenvalue weighted by Gasteiger charge is 2.41. The van der Waals surface area contributed by atoms with Gasteiger partial charge in [-0.25, -0.2) is 9.37 Å². The molecule has 2 aromatic rings. The van der Waals surface area contributed by atoms with Gasteiger partial charge in [0.25, 0.3) is 0 Å². The molecule has 0 N–H and O–H groups in total. The summed E-state index contributed by atoms with van der Waals surface area (Å²) in [6, 6.07) is 6.91. The summed E-state index contributed by atoms with van der Waals surface area (Å²) < 4.78 is 13.1. The van der Waals surface area contributed by atoms with Gasteiger partial charge in [-0.2, -0.15) is 0 Å². The number of anilines is 1. The Labute approximate surface area is 142 Å². The predicted molar refractivity (Wildman–Crippen MR) is 92.2 cm³/mol. The van der Waals surface area contributed by atoms with Crippen molar-refractivity contribution in [1.82, 2.24) is 14.9 Å². The van der Waals surface area contributed by atoms with Crippen molar-refractivity contribution in [2.24, 2.45) is 5.41 Å². The van der Waals surface area contributed by atoms with E-state index in [-0.39, 0.29) is 5.82 Å². The number of likely N-dealkylation sites (tertiary alicyclic amines) is 1. The van der Waals surface area contributed by atoms with E-state index in [1.54, 1.807) is 24.5 Å². The highest BCUT2D eigenvalue weighted by atomic mass is 19.1. The molecule has 2 saturated heterocycles. The summed E-state index contributed by atoms with van der Waals surface area (Å²) in [5, 5.41) is 0. The van der Waals surface area contributed by atoms with Gasteiger partial charge in [-0.05, 0) is 43.5 Å². The summed E-state index contributed by atoms with van der Waals surface area (Å²) in [6.07, 6.45) is 9.07. The van der Waals surface area contributed by atoms with Gasteiger partial charge in [-0.15, -0.1) is 0 Å². The first-order chi connectivity index (χ1) is 11.7. The molecular formula is C19H23FN4. The first kappa shape index (κ1) is 15.5. The van der Waals surface area contributed by atoms with E-state index in [0.29, 0.717) is 5.41 Å². The van der Waals surface area contributed by atoms with Gasteiger partial charge >= 0.3 is 0 Å². The third-order valence-corrected chi connectivity index (χ3v) is 5.37. The molecule has 2 aliphatic heterocycles. The van der Waals surface area contributed by atoms with Crippen molar-refractivity contribution in [2.45, 2.75) is 25.8 Å². The summed E-state index contributed by atoms with van der Waals surface area (Å²) in [6.45, 7) is 5.27. The maximum Gasteiger partial charge on any atom is 0.147 e. The van der Waals surface area contributed by atoms with Crippen LogP contribution < -0.4 is 4.90 Å². The zero-order valence-electron chi connectivity index (χ0n) is 13.9. The maximum absolute atomic E-state index is 13.1. The van der Waals surface area contributed by atoms with Gasteiger partial charge in [-0.1, -0.05) is 12.1 Å². The fourth-order valence-electron chi connectivity index (χ4n) is 4.21. The number of benzene rings is 1. The van der Waals surface area contributed by atoms with Crippen molar-refractivity contribution in [1.29, 1.82) is 0 Å². The molecule has 1 aromatic carbocycles. The van der Waals surface area contributed by atoms with Crippen molar-refractivity contribution in [2.75, 3.05) is 31.1 Å². The molecular weight excluding hydrogens is 303 g/mol. The molecule has 5 heteroatoms. The first-order valence-corrected chi connectivity index (χ1v) is 8.70. The van der Waals surface area contributed by atoms with Crippen molar-refractivity contribution in [3.8, 4) is 0 Å². The quantitative estimate of drug-likeness (QED) is 0.867. The second-order valence-electron chi connectivity index (χ2n) is 7.18. The largest absolute Gasteiger partial charge is 0.355 e. The van der Waals surface area contributed by atoms with E-state index in [1.807, 2.05) is 18.3 Å². The molecule has 0 amide bonds. The van der Waals surface area contributed by atoms with Gasteiger partial charge in [0.1, 0.15) is 11.6 Å². The van der Waals surface area contributed by atoms with Crippen molar-refractivity contribution >= 4 is 5.82 Å². The molecule has 0 saturated carbocycles. The average Bonchev–Trinajstić information content (AvgIpc) is 3.01. The number of piperidine rings is 1. The van der Waals surface area contributed by atoms with Crippen LogP contribution in [0.4, 0.5) is 10.2 Å². The van der Waals surface area contributed by atoms with E-state index < -0.39 is 0 Å².